The van der Waals surface area contributed by atoms with Gasteiger partial charge in [-0.25, -0.2) is 22.5 Å². The van der Waals surface area contributed by atoms with Gasteiger partial charge in [-0.3, -0.25) is 24.1 Å². The first kappa shape index (κ1) is 37.2. The maximum absolute atomic E-state index is 15.1. The largest absolute Gasteiger partial charge is 0.508 e. The third-order valence-electron chi connectivity index (χ3n) is 8.92. The molecule has 1 saturated heterocycles. The van der Waals surface area contributed by atoms with E-state index in [1.54, 1.807) is 13.8 Å². The zero-order valence-corrected chi connectivity index (χ0v) is 27.9. The molecule has 272 valence electrons. The molecule has 1 fully saturated rings. The summed E-state index contributed by atoms with van der Waals surface area (Å²) in [5.74, 6) is -5.87. The monoisotopic (exact) mass is 714 g/mol. The lowest BCUT2D eigenvalue weighted by atomic mass is 9.78. The van der Waals surface area contributed by atoms with Gasteiger partial charge in [0.2, 0.25) is 11.8 Å². The van der Waals surface area contributed by atoms with Gasteiger partial charge >= 0.3 is 0 Å². The van der Waals surface area contributed by atoms with Crippen LogP contribution in [0.2, 0.25) is 0 Å². The molecule has 0 aliphatic carbocycles. The van der Waals surface area contributed by atoms with Crippen molar-refractivity contribution in [2.75, 3.05) is 39.3 Å². The Labute approximate surface area is 290 Å². The lowest BCUT2D eigenvalue weighted by Crippen LogP contribution is -2.49. The molecule has 1 aromatic heterocycles. The number of aromatic hydroxyl groups is 1. The average Bonchev–Trinajstić information content (AvgIpc) is 3.75. The van der Waals surface area contributed by atoms with Crippen LogP contribution in [-0.4, -0.2) is 98.7 Å². The highest BCUT2D eigenvalue weighted by Gasteiger charge is 2.44. The predicted molar refractivity (Wildman–Crippen MR) is 175 cm³/mol. The minimum atomic E-state index is -1.36. The van der Waals surface area contributed by atoms with E-state index in [1.807, 2.05) is 0 Å². The lowest BCUT2D eigenvalue weighted by Gasteiger charge is -2.42. The second-order valence-corrected chi connectivity index (χ2v) is 13.3. The Kier molecular flexibility index (Phi) is 11.2. The number of carbonyl (C=O) groups excluding carboxylic acids is 4. The van der Waals surface area contributed by atoms with Crippen LogP contribution in [0.5, 0.6) is 5.75 Å². The van der Waals surface area contributed by atoms with E-state index in [4.69, 9.17) is 0 Å². The number of rotatable bonds is 14. The summed E-state index contributed by atoms with van der Waals surface area (Å²) in [7, 11) is 0. The summed E-state index contributed by atoms with van der Waals surface area (Å²) < 4.78 is 60.3. The van der Waals surface area contributed by atoms with Crippen molar-refractivity contribution in [3.8, 4) is 17.0 Å². The third kappa shape index (κ3) is 8.63. The number of alkyl halides is 1. The van der Waals surface area contributed by atoms with Crippen LogP contribution >= 0.6 is 0 Å². The van der Waals surface area contributed by atoms with Gasteiger partial charge < -0.3 is 30.3 Å². The number of phenols is 1. The first-order valence-corrected chi connectivity index (χ1v) is 16.2. The summed E-state index contributed by atoms with van der Waals surface area (Å²) in [6.45, 7) is 1.87. The summed E-state index contributed by atoms with van der Waals surface area (Å²) in [5, 5.41) is 25.8. The van der Waals surface area contributed by atoms with Crippen molar-refractivity contribution in [1.82, 2.24) is 30.0 Å². The van der Waals surface area contributed by atoms with Gasteiger partial charge in [0.15, 0.2) is 0 Å². The van der Waals surface area contributed by atoms with E-state index in [2.05, 4.69) is 15.6 Å². The van der Waals surface area contributed by atoms with Crippen molar-refractivity contribution in [2.45, 2.75) is 39.0 Å². The van der Waals surface area contributed by atoms with E-state index in [0.717, 1.165) is 47.4 Å². The van der Waals surface area contributed by atoms with Crippen molar-refractivity contribution in [1.29, 1.82) is 0 Å². The molecular weight excluding hydrogens is 676 g/mol. The van der Waals surface area contributed by atoms with Gasteiger partial charge in [0.05, 0.1) is 11.7 Å². The Morgan fingerprint density at radius 1 is 1.08 bits per heavy atom. The molecular formula is C35H38F4N6O6. The molecule has 2 aromatic carbocycles. The minimum absolute atomic E-state index is 0.0118. The normalized spacial score (nSPS) is 18.1. The average molecular weight is 715 g/mol. The maximum atomic E-state index is 15.1. The fourth-order valence-electron chi connectivity index (χ4n) is 6.54. The van der Waals surface area contributed by atoms with Crippen molar-refractivity contribution < 1.29 is 47.0 Å². The molecule has 3 aromatic rings. The Bertz CT molecular complexity index is 1810. The number of phenolic OH excluding ortho intramolecular Hbond substituents is 1. The molecule has 2 aliphatic heterocycles. The molecule has 3 heterocycles. The number of benzene rings is 2. The second kappa shape index (κ2) is 15.4. The summed E-state index contributed by atoms with van der Waals surface area (Å²) >= 11 is 0. The Hall–Kier alpha value is -5.09. The molecule has 0 saturated carbocycles. The van der Waals surface area contributed by atoms with E-state index >= 15 is 8.78 Å². The topological polar surface area (TPSA) is 157 Å². The molecule has 0 bridgehead atoms. The van der Waals surface area contributed by atoms with E-state index in [1.165, 1.54) is 21.7 Å². The fourth-order valence-corrected chi connectivity index (χ4v) is 6.54. The second-order valence-electron chi connectivity index (χ2n) is 13.3. The van der Waals surface area contributed by atoms with Crippen LogP contribution in [0.1, 0.15) is 37.7 Å². The number of hydrogen-bond donors (Lipinski definition) is 4. The molecule has 4 amide bonds. The van der Waals surface area contributed by atoms with Crippen LogP contribution in [0.4, 0.5) is 17.6 Å². The van der Waals surface area contributed by atoms with Gasteiger partial charge in [-0.2, -0.15) is 0 Å². The van der Waals surface area contributed by atoms with Crippen LogP contribution in [0.3, 0.4) is 0 Å². The van der Waals surface area contributed by atoms with Crippen molar-refractivity contribution in [3.05, 3.63) is 83.6 Å². The van der Waals surface area contributed by atoms with Crippen molar-refractivity contribution in [3.63, 3.8) is 0 Å². The van der Waals surface area contributed by atoms with Gasteiger partial charge in [0, 0.05) is 87.0 Å². The predicted octanol–water partition coefficient (Wildman–Crippen LogP) is 2.60. The third-order valence-corrected chi connectivity index (χ3v) is 8.92. The highest BCUT2D eigenvalue weighted by atomic mass is 19.1. The highest BCUT2D eigenvalue weighted by Crippen LogP contribution is 2.43. The summed E-state index contributed by atoms with van der Waals surface area (Å²) in [4.78, 5) is 57.7. The van der Waals surface area contributed by atoms with Crippen LogP contribution < -0.4 is 10.6 Å². The van der Waals surface area contributed by atoms with Crippen LogP contribution in [0.25, 0.3) is 11.3 Å². The molecule has 12 nitrogen and oxygen atoms in total. The number of carbonyl (C=O) groups is 4. The molecule has 16 heteroatoms. The van der Waals surface area contributed by atoms with E-state index in [9.17, 15) is 38.2 Å². The molecule has 5 rings (SSSR count). The Balaban J connectivity index is 1.59. The maximum Gasteiger partial charge on any atom is 0.253 e. The first-order valence-electron chi connectivity index (χ1n) is 16.2. The zero-order chi connectivity index (χ0) is 37.0. The summed E-state index contributed by atoms with van der Waals surface area (Å²) in [6.07, 6.45) is 1.91. The van der Waals surface area contributed by atoms with Gasteiger partial charge in [0.25, 0.3) is 11.8 Å². The number of nitrogens with one attached hydrogen (secondary N) is 2. The van der Waals surface area contributed by atoms with Gasteiger partial charge in [0.1, 0.15) is 41.8 Å². The molecule has 4 N–H and O–H groups in total. The first-order chi connectivity index (χ1) is 24.2. The molecule has 3 atom stereocenters. The molecule has 0 radical (unpaired) electrons. The number of amides is 4. The van der Waals surface area contributed by atoms with E-state index in [0.29, 0.717) is 0 Å². The summed E-state index contributed by atoms with van der Waals surface area (Å²) in [6, 6.07) is 4.83. The molecule has 51 heavy (non-hydrogen) atoms. The van der Waals surface area contributed by atoms with E-state index < -0.39 is 71.2 Å². The number of aliphatic hydroxyl groups excluding tert-OH is 1. The molecule has 3 unspecified atom stereocenters. The minimum Gasteiger partial charge on any atom is -0.508 e. The van der Waals surface area contributed by atoms with E-state index in [-0.39, 0.29) is 74.1 Å². The number of hydrogen-bond acceptors (Lipinski definition) is 8. The Morgan fingerprint density at radius 3 is 2.45 bits per heavy atom. The lowest BCUT2D eigenvalue weighted by molar-refractivity contribution is -0.142. The number of aromatic nitrogens is 2. The number of aliphatic hydroxyl groups is 1. The SMILES string of the molecule is CC(C)(CC(=O)NCCN1C(=O)C=CC1=O)C(c1nc(-c2cc(F)ccc2F)cn1Cc1cc(O)cc(F)c1)N(CC1CNCC1F)C(=O)CO. The standard InChI is InChI=1S/C35H38F4N6O6/c1-35(2,13-29(48)41-7-8-44-30(49)5-6-31(44)50)33(45(32(51)19-46)17-21-14-40-15-27(21)39)34-42-28(25-12-22(36)3-4-26(25)38)18-43(34)16-20-9-23(37)11-24(47)10-20/h3-6,9-12,18,21,27,33,40,46-47H,7-8,13-17,19H2,1-2H3,(H,41,48). The highest BCUT2D eigenvalue weighted by molar-refractivity contribution is 6.12. The molecule has 0 spiro atoms. The fraction of sp³-hybridized carbons (Fsp3) is 0.400. The Morgan fingerprint density at radius 2 is 1.80 bits per heavy atom. The number of halogens is 4. The van der Waals surface area contributed by atoms with Crippen molar-refractivity contribution in [2.24, 2.45) is 11.3 Å². The summed E-state index contributed by atoms with van der Waals surface area (Å²) in [5.41, 5.74) is -1.38. The van der Waals surface area contributed by atoms with Gasteiger partial charge in [-0.15, -0.1) is 0 Å². The van der Waals surface area contributed by atoms with Crippen LogP contribution in [0.15, 0.2) is 54.7 Å². The quantitative estimate of drug-likeness (QED) is 0.147. The van der Waals surface area contributed by atoms with Gasteiger partial charge in [-0.1, -0.05) is 13.8 Å². The zero-order valence-electron chi connectivity index (χ0n) is 27.9. The number of imide groups is 1. The van der Waals surface area contributed by atoms with Crippen molar-refractivity contribution >= 4 is 23.6 Å². The van der Waals surface area contributed by atoms with Crippen LogP contribution in [-0.2, 0) is 25.7 Å². The smallest absolute Gasteiger partial charge is 0.253 e. The number of imidazole rings is 1. The van der Waals surface area contributed by atoms with Gasteiger partial charge in [-0.05, 0) is 35.9 Å². The number of nitrogens with zero attached hydrogens (tertiary/aromatic N) is 4. The van der Waals surface area contributed by atoms with Crippen LogP contribution in [0, 0.1) is 28.8 Å². The molecule has 2 aliphatic rings.